The van der Waals surface area contributed by atoms with E-state index in [4.69, 9.17) is 22.4 Å². The van der Waals surface area contributed by atoms with E-state index in [-0.39, 0.29) is 12.4 Å². The highest BCUT2D eigenvalue weighted by Gasteiger charge is 2.09. The van der Waals surface area contributed by atoms with Crippen LogP contribution >= 0.6 is 11.6 Å². The number of aliphatic hydroxyl groups excluding tert-OH is 1. The molecule has 0 aromatic heterocycles. The maximum Gasteiger partial charge on any atom is 0.121 e. The second-order valence-corrected chi connectivity index (χ2v) is 2.93. The molecule has 0 heterocycles. The molecule has 0 spiro atoms. The molecule has 0 aliphatic heterocycles. The van der Waals surface area contributed by atoms with E-state index in [1.165, 1.54) is 6.07 Å². The molecule has 0 saturated carbocycles. The molecule has 4 heteroatoms. The molecular formula is C8H10ClNO2. The van der Waals surface area contributed by atoms with Crippen LogP contribution in [-0.4, -0.2) is 16.8 Å². The summed E-state index contributed by atoms with van der Waals surface area (Å²) in [6.45, 7) is -0.199. The molecule has 1 atom stereocenters. The summed E-state index contributed by atoms with van der Waals surface area (Å²) in [7, 11) is 0. The summed E-state index contributed by atoms with van der Waals surface area (Å²) in [6.07, 6.45) is 0. The van der Waals surface area contributed by atoms with Crippen molar-refractivity contribution in [3.63, 3.8) is 0 Å². The van der Waals surface area contributed by atoms with Crippen molar-refractivity contribution in [2.45, 2.75) is 6.04 Å². The standard InChI is InChI=1S/C8H10ClNO2/c9-5-1-2-6(7(10)4-11)8(12)3-5/h1-3,7,11-12H,4,10H2. The van der Waals surface area contributed by atoms with Crippen molar-refractivity contribution in [3.05, 3.63) is 28.8 Å². The Morgan fingerprint density at radius 3 is 2.67 bits per heavy atom. The first-order valence-electron chi connectivity index (χ1n) is 3.50. The zero-order valence-corrected chi connectivity index (χ0v) is 7.12. The minimum atomic E-state index is -0.553. The third-order valence-electron chi connectivity index (χ3n) is 1.59. The summed E-state index contributed by atoms with van der Waals surface area (Å²) < 4.78 is 0. The van der Waals surface area contributed by atoms with Crippen LogP contribution in [0.3, 0.4) is 0 Å². The Balaban J connectivity index is 3.01. The van der Waals surface area contributed by atoms with Gasteiger partial charge >= 0.3 is 0 Å². The molecule has 3 nitrogen and oxygen atoms in total. The summed E-state index contributed by atoms with van der Waals surface area (Å²) in [5, 5.41) is 18.5. The van der Waals surface area contributed by atoms with Crippen LogP contribution in [0.1, 0.15) is 11.6 Å². The fourth-order valence-electron chi connectivity index (χ4n) is 0.929. The number of phenolic OH excluding ortho intramolecular Hbond substituents is 1. The summed E-state index contributed by atoms with van der Waals surface area (Å²) >= 11 is 5.60. The molecule has 66 valence electrons. The van der Waals surface area contributed by atoms with Crippen molar-refractivity contribution >= 4 is 11.6 Å². The van der Waals surface area contributed by atoms with Gasteiger partial charge in [0.2, 0.25) is 0 Å². The highest BCUT2D eigenvalue weighted by molar-refractivity contribution is 6.30. The van der Waals surface area contributed by atoms with Crippen molar-refractivity contribution in [2.24, 2.45) is 5.73 Å². The van der Waals surface area contributed by atoms with Crippen LogP contribution in [0.15, 0.2) is 18.2 Å². The van der Waals surface area contributed by atoms with E-state index in [0.29, 0.717) is 10.6 Å². The Morgan fingerprint density at radius 1 is 1.50 bits per heavy atom. The largest absolute Gasteiger partial charge is 0.508 e. The average Bonchev–Trinajstić information content (AvgIpc) is 2.03. The number of phenols is 1. The van der Waals surface area contributed by atoms with Crippen LogP contribution in [0, 0.1) is 0 Å². The first kappa shape index (κ1) is 9.32. The van der Waals surface area contributed by atoms with Crippen LogP contribution in [-0.2, 0) is 0 Å². The zero-order chi connectivity index (χ0) is 9.14. The Morgan fingerprint density at radius 2 is 2.17 bits per heavy atom. The zero-order valence-electron chi connectivity index (χ0n) is 6.37. The van der Waals surface area contributed by atoms with Gasteiger partial charge in [-0.3, -0.25) is 0 Å². The molecule has 0 amide bonds. The van der Waals surface area contributed by atoms with E-state index < -0.39 is 6.04 Å². The van der Waals surface area contributed by atoms with Gasteiger partial charge in [0.1, 0.15) is 5.75 Å². The van der Waals surface area contributed by atoms with Crippen molar-refractivity contribution in [1.82, 2.24) is 0 Å². The normalized spacial score (nSPS) is 12.9. The molecule has 0 saturated heterocycles. The van der Waals surface area contributed by atoms with Crippen LogP contribution < -0.4 is 5.73 Å². The molecule has 0 radical (unpaired) electrons. The second kappa shape index (κ2) is 3.76. The average molecular weight is 188 g/mol. The molecule has 0 fully saturated rings. The Labute approximate surface area is 75.4 Å². The lowest BCUT2D eigenvalue weighted by Crippen LogP contribution is -2.14. The van der Waals surface area contributed by atoms with Gasteiger partial charge in [0.05, 0.1) is 12.6 Å². The molecule has 1 rings (SSSR count). The van der Waals surface area contributed by atoms with E-state index in [9.17, 15) is 5.11 Å². The predicted octanol–water partition coefficient (Wildman–Crippen LogP) is 1.04. The molecule has 0 aliphatic rings. The van der Waals surface area contributed by atoms with Gasteiger partial charge in [-0.2, -0.15) is 0 Å². The van der Waals surface area contributed by atoms with E-state index in [1.807, 2.05) is 0 Å². The minimum Gasteiger partial charge on any atom is -0.508 e. The highest BCUT2D eigenvalue weighted by Crippen LogP contribution is 2.25. The summed E-state index contributed by atoms with van der Waals surface area (Å²) in [4.78, 5) is 0. The van der Waals surface area contributed by atoms with Crippen LogP contribution in [0.2, 0.25) is 5.02 Å². The Bertz CT molecular complexity index is 278. The maximum absolute atomic E-state index is 9.32. The molecule has 0 aliphatic carbocycles. The number of benzene rings is 1. The van der Waals surface area contributed by atoms with Crippen molar-refractivity contribution in [2.75, 3.05) is 6.61 Å². The second-order valence-electron chi connectivity index (χ2n) is 2.49. The van der Waals surface area contributed by atoms with E-state index >= 15 is 0 Å². The van der Waals surface area contributed by atoms with E-state index in [2.05, 4.69) is 0 Å². The third kappa shape index (κ3) is 1.88. The molecule has 1 aromatic carbocycles. The molecule has 1 unspecified atom stereocenters. The highest BCUT2D eigenvalue weighted by atomic mass is 35.5. The topological polar surface area (TPSA) is 66.5 Å². The number of aromatic hydroxyl groups is 1. The van der Waals surface area contributed by atoms with Gasteiger partial charge in [-0.15, -0.1) is 0 Å². The lowest BCUT2D eigenvalue weighted by Gasteiger charge is -2.10. The van der Waals surface area contributed by atoms with Crippen LogP contribution in [0.25, 0.3) is 0 Å². The van der Waals surface area contributed by atoms with Crippen molar-refractivity contribution in [3.8, 4) is 5.75 Å². The Hall–Kier alpha value is -0.770. The molecule has 1 aromatic rings. The Kier molecular flexibility index (Phi) is 2.92. The predicted molar refractivity (Wildman–Crippen MR) is 47.1 cm³/mol. The van der Waals surface area contributed by atoms with Crippen LogP contribution in [0.5, 0.6) is 5.75 Å². The number of halogens is 1. The molecule has 4 N–H and O–H groups in total. The van der Waals surface area contributed by atoms with E-state index in [1.54, 1.807) is 12.1 Å². The number of aliphatic hydroxyl groups is 1. The lowest BCUT2D eigenvalue weighted by atomic mass is 10.1. The number of nitrogens with two attached hydrogens (primary N) is 1. The number of rotatable bonds is 2. The van der Waals surface area contributed by atoms with Gasteiger partial charge in [-0.25, -0.2) is 0 Å². The van der Waals surface area contributed by atoms with Crippen molar-refractivity contribution < 1.29 is 10.2 Å². The summed E-state index contributed by atoms with van der Waals surface area (Å²) in [5.41, 5.74) is 5.99. The first-order chi connectivity index (χ1) is 5.65. The van der Waals surface area contributed by atoms with Gasteiger partial charge in [-0.05, 0) is 12.1 Å². The third-order valence-corrected chi connectivity index (χ3v) is 1.82. The van der Waals surface area contributed by atoms with Gasteiger partial charge in [0, 0.05) is 10.6 Å². The fraction of sp³-hybridized carbons (Fsp3) is 0.250. The van der Waals surface area contributed by atoms with Crippen molar-refractivity contribution in [1.29, 1.82) is 0 Å². The SMILES string of the molecule is NC(CO)c1ccc(Cl)cc1O. The van der Waals surface area contributed by atoms with Gasteiger partial charge in [0.15, 0.2) is 0 Å². The molecular weight excluding hydrogens is 178 g/mol. The summed E-state index contributed by atoms with van der Waals surface area (Å²) in [5.74, 6) is 0.0176. The number of hydrogen-bond acceptors (Lipinski definition) is 3. The van der Waals surface area contributed by atoms with Gasteiger partial charge in [-0.1, -0.05) is 17.7 Å². The first-order valence-corrected chi connectivity index (χ1v) is 3.88. The fourth-order valence-corrected chi connectivity index (χ4v) is 1.10. The maximum atomic E-state index is 9.32. The van der Waals surface area contributed by atoms with Crippen LogP contribution in [0.4, 0.5) is 0 Å². The lowest BCUT2D eigenvalue weighted by molar-refractivity contribution is 0.265. The van der Waals surface area contributed by atoms with Gasteiger partial charge in [0.25, 0.3) is 0 Å². The molecule has 12 heavy (non-hydrogen) atoms. The van der Waals surface area contributed by atoms with Gasteiger partial charge < -0.3 is 15.9 Å². The smallest absolute Gasteiger partial charge is 0.121 e. The van der Waals surface area contributed by atoms with E-state index in [0.717, 1.165) is 0 Å². The molecule has 0 bridgehead atoms. The summed E-state index contributed by atoms with van der Waals surface area (Å²) in [6, 6.07) is 4.05. The number of hydrogen-bond donors (Lipinski definition) is 3. The minimum absolute atomic E-state index is 0.0176. The quantitative estimate of drug-likeness (QED) is 0.648. The monoisotopic (exact) mass is 187 g/mol.